The molecule has 0 saturated carbocycles. The Morgan fingerprint density at radius 1 is 1.18 bits per heavy atom. The van der Waals surface area contributed by atoms with Crippen molar-refractivity contribution in [2.24, 2.45) is 0 Å². The fourth-order valence-corrected chi connectivity index (χ4v) is 3.71. The van der Waals surface area contributed by atoms with Crippen molar-refractivity contribution in [3.8, 4) is 0 Å². The number of thiophene rings is 1. The van der Waals surface area contributed by atoms with Crippen molar-refractivity contribution < 1.29 is 23.9 Å². The summed E-state index contributed by atoms with van der Waals surface area (Å²) in [5.74, 6) is -1.51. The maximum absolute atomic E-state index is 12.3. The lowest BCUT2D eigenvalue weighted by atomic mass is 9.98. The fraction of sp³-hybridized carbons (Fsp3) is 0.350. The number of ether oxygens (including phenoxy) is 2. The first-order chi connectivity index (χ1) is 13.4. The number of hydrogen-bond donors (Lipinski definition) is 2. The summed E-state index contributed by atoms with van der Waals surface area (Å²) in [6.07, 6.45) is 0.174. The van der Waals surface area contributed by atoms with E-state index in [1.807, 2.05) is 37.3 Å². The number of anilines is 1. The number of amides is 1. The Labute approximate surface area is 167 Å². The van der Waals surface area contributed by atoms with Gasteiger partial charge < -0.3 is 20.5 Å². The van der Waals surface area contributed by atoms with Gasteiger partial charge in [0.25, 0.3) is 5.91 Å². The van der Waals surface area contributed by atoms with Crippen molar-refractivity contribution in [2.45, 2.75) is 32.8 Å². The summed E-state index contributed by atoms with van der Waals surface area (Å²) < 4.78 is 10.4. The van der Waals surface area contributed by atoms with Gasteiger partial charge in [0.1, 0.15) is 22.0 Å². The normalized spacial score (nSPS) is 11.5. The van der Waals surface area contributed by atoms with Crippen LogP contribution in [-0.2, 0) is 20.9 Å². The minimum absolute atomic E-state index is 0.0239. The van der Waals surface area contributed by atoms with Crippen LogP contribution in [-0.4, -0.2) is 31.5 Å². The van der Waals surface area contributed by atoms with E-state index in [4.69, 9.17) is 15.2 Å². The number of nitrogens with one attached hydrogen (secondary N) is 1. The van der Waals surface area contributed by atoms with E-state index in [2.05, 4.69) is 5.32 Å². The summed E-state index contributed by atoms with van der Waals surface area (Å²) in [6.45, 7) is 3.53. The maximum atomic E-state index is 12.3. The second-order valence-corrected chi connectivity index (χ2v) is 7.18. The molecule has 0 fully saturated rings. The highest BCUT2D eigenvalue weighted by molar-refractivity contribution is 7.18. The average molecular weight is 404 g/mol. The van der Waals surface area contributed by atoms with Gasteiger partial charge in [-0.3, -0.25) is 9.59 Å². The molecule has 3 N–H and O–H groups in total. The highest BCUT2D eigenvalue weighted by Gasteiger charge is 2.27. The molecule has 7 nitrogen and oxygen atoms in total. The molecule has 1 atom stereocenters. The molecule has 1 amide bonds. The number of rotatable bonds is 8. The minimum Gasteiger partial charge on any atom is -0.462 e. The standard InChI is InChI=1S/C20H24N2O5S/c1-4-26-20(25)16-14(17(19(24)22-3)28-18(16)21)11-27-15(23)10-12(2)13-8-6-5-7-9-13/h5-9,12H,4,10-11,21H2,1-3H3,(H,22,24)/t12-/m0/s1. The van der Waals surface area contributed by atoms with Gasteiger partial charge in [-0.2, -0.15) is 0 Å². The summed E-state index contributed by atoms with van der Waals surface area (Å²) >= 11 is 0.964. The third-order valence-corrected chi connectivity index (χ3v) is 5.23. The van der Waals surface area contributed by atoms with Crippen molar-refractivity contribution in [3.05, 3.63) is 51.9 Å². The van der Waals surface area contributed by atoms with Crippen molar-refractivity contribution in [2.75, 3.05) is 19.4 Å². The molecule has 2 rings (SSSR count). The molecule has 8 heteroatoms. The van der Waals surface area contributed by atoms with Gasteiger partial charge in [-0.15, -0.1) is 11.3 Å². The Bertz CT molecular complexity index is 848. The number of nitrogens with two attached hydrogens (primary N) is 1. The first-order valence-corrected chi connectivity index (χ1v) is 9.71. The van der Waals surface area contributed by atoms with Crippen molar-refractivity contribution in [1.29, 1.82) is 0 Å². The van der Waals surface area contributed by atoms with Gasteiger partial charge in [0.15, 0.2) is 0 Å². The van der Waals surface area contributed by atoms with E-state index >= 15 is 0 Å². The zero-order valence-electron chi connectivity index (χ0n) is 16.1. The highest BCUT2D eigenvalue weighted by atomic mass is 32.1. The predicted octanol–water partition coefficient (Wildman–Crippen LogP) is 3.10. The van der Waals surface area contributed by atoms with Gasteiger partial charge in [0, 0.05) is 12.6 Å². The van der Waals surface area contributed by atoms with Crippen LogP contribution in [0.4, 0.5) is 5.00 Å². The van der Waals surface area contributed by atoms with Crippen LogP contribution < -0.4 is 11.1 Å². The van der Waals surface area contributed by atoms with Crippen LogP contribution in [0.25, 0.3) is 0 Å². The number of carbonyl (C=O) groups excluding carboxylic acids is 3. The smallest absolute Gasteiger partial charge is 0.341 e. The molecule has 0 aliphatic heterocycles. The monoisotopic (exact) mass is 404 g/mol. The fourth-order valence-electron chi connectivity index (χ4n) is 2.71. The van der Waals surface area contributed by atoms with Crippen LogP contribution in [0.5, 0.6) is 0 Å². The number of nitrogen functional groups attached to an aromatic ring is 1. The lowest BCUT2D eigenvalue weighted by molar-refractivity contribution is -0.145. The molecular weight excluding hydrogens is 380 g/mol. The van der Waals surface area contributed by atoms with Gasteiger partial charge in [0.2, 0.25) is 0 Å². The van der Waals surface area contributed by atoms with Crippen molar-refractivity contribution >= 4 is 34.2 Å². The molecule has 1 aromatic carbocycles. The summed E-state index contributed by atoms with van der Waals surface area (Å²) in [6, 6.07) is 9.62. The summed E-state index contributed by atoms with van der Waals surface area (Å²) in [4.78, 5) is 36.9. The molecule has 2 aromatic rings. The maximum Gasteiger partial charge on any atom is 0.341 e. The number of hydrogen-bond acceptors (Lipinski definition) is 7. The molecule has 0 aliphatic carbocycles. The first-order valence-electron chi connectivity index (χ1n) is 8.89. The molecule has 0 bridgehead atoms. The molecule has 150 valence electrons. The molecule has 0 aliphatic rings. The second-order valence-electron chi connectivity index (χ2n) is 6.13. The van der Waals surface area contributed by atoms with E-state index < -0.39 is 17.8 Å². The Kier molecular flexibility index (Phi) is 7.57. The molecule has 0 spiro atoms. The van der Waals surface area contributed by atoms with E-state index in [0.717, 1.165) is 16.9 Å². The minimum atomic E-state index is -0.643. The van der Waals surface area contributed by atoms with Crippen LogP contribution in [0.1, 0.15) is 57.3 Å². The van der Waals surface area contributed by atoms with Gasteiger partial charge in [0.05, 0.1) is 13.0 Å². The highest BCUT2D eigenvalue weighted by Crippen LogP contribution is 2.33. The van der Waals surface area contributed by atoms with E-state index in [9.17, 15) is 14.4 Å². The third kappa shape index (κ3) is 5.10. The lowest BCUT2D eigenvalue weighted by Crippen LogP contribution is -2.20. The van der Waals surface area contributed by atoms with Gasteiger partial charge in [-0.1, -0.05) is 37.3 Å². The predicted molar refractivity (Wildman–Crippen MR) is 107 cm³/mol. The van der Waals surface area contributed by atoms with Crippen LogP contribution in [0, 0.1) is 0 Å². The molecule has 28 heavy (non-hydrogen) atoms. The Morgan fingerprint density at radius 2 is 1.86 bits per heavy atom. The Hall–Kier alpha value is -2.87. The lowest BCUT2D eigenvalue weighted by Gasteiger charge is -2.12. The Balaban J connectivity index is 2.16. The van der Waals surface area contributed by atoms with E-state index in [0.29, 0.717) is 0 Å². The zero-order chi connectivity index (χ0) is 20.7. The van der Waals surface area contributed by atoms with Crippen molar-refractivity contribution in [1.82, 2.24) is 5.32 Å². The summed E-state index contributed by atoms with van der Waals surface area (Å²) in [5.41, 5.74) is 7.29. The molecule has 0 saturated heterocycles. The van der Waals surface area contributed by atoms with E-state index in [1.165, 1.54) is 7.05 Å². The number of carbonyl (C=O) groups is 3. The zero-order valence-corrected chi connectivity index (χ0v) is 16.9. The SMILES string of the molecule is CCOC(=O)c1c(N)sc(C(=O)NC)c1COC(=O)C[C@H](C)c1ccccc1. The van der Waals surface area contributed by atoms with Gasteiger partial charge in [-0.25, -0.2) is 4.79 Å². The van der Waals surface area contributed by atoms with Crippen molar-refractivity contribution in [3.63, 3.8) is 0 Å². The summed E-state index contributed by atoms with van der Waals surface area (Å²) in [5, 5.41) is 2.65. The van der Waals surface area contributed by atoms with Crippen LogP contribution in [0.15, 0.2) is 30.3 Å². The Morgan fingerprint density at radius 3 is 2.46 bits per heavy atom. The van der Waals surface area contributed by atoms with E-state index in [1.54, 1.807) is 6.92 Å². The largest absolute Gasteiger partial charge is 0.462 e. The second kappa shape index (κ2) is 9.89. The molecule has 1 heterocycles. The quantitative estimate of drug-likeness (QED) is 0.655. The van der Waals surface area contributed by atoms with E-state index in [-0.39, 0.29) is 46.6 Å². The number of benzene rings is 1. The van der Waals surface area contributed by atoms with Crippen LogP contribution in [0.2, 0.25) is 0 Å². The first kappa shape index (κ1) is 21.4. The van der Waals surface area contributed by atoms with Gasteiger partial charge in [-0.05, 0) is 18.4 Å². The molecule has 0 unspecified atom stereocenters. The van der Waals surface area contributed by atoms with Gasteiger partial charge >= 0.3 is 11.9 Å². The van der Waals surface area contributed by atoms with Crippen LogP contribution in [0.3, 0.4) is 0 Å². The average Bonchev–Trinajstić information content (AvgIpc) is 3.02. The molecule has 1 aromatic heterocycles. The summed E-state index contributed by atoms with van der Waals surface area (Å²) in [7, 11) is 1.47. The third-order valence-electron chi connectivity index (χ3n) is 4.17. The van der Waals surface area contributed by atoms with Crippen LogP contribution >= 0.6 is 11.3 Å². The topological polar surface area (TPSA) is 108 Å². The molecular formula is C20H24N2O5S. The number of esters is 2. The molecule has 0 radical (unpaired) electrons.